The Balaban J connectivity index is 1.07. The number of amides is 4. The normalized spacial score (nSPS) is 20.6. The molecule has 0 bridgehead atoms. The van der Waals surface area contributed by atoms with Crippen molar-refractivity contribution in [2.45, 2.75) is 173 Å². The van der Waals surface area contributed by atoms with Gasteiger partial charge >= 0.3 is 24.0 Å². The van der Waals surface area contributed by atoms with Gasteiger partial charge in [-0.05, 0) is 62.3 Å². The molecular weight excluding hydrogens is 1230 g/mol. The molecule has 29 nitrogen and oxygen atoms in total. The Labute approximate surface area is 539 Å². The molecule has 94 heavy (non-hydrogen) atoms. The Bertz CT molecular complexity index is 3420. The van der Waals surface area contributed by atoms with Gasteiger partial charge in [-0.1, -0.05) is 69.7 Å². The van der Waals surface area contributed by atoms with Crippen molar-refractivity contribution < 1.29 is 117 Å². The number of aromatic hydroxyl groups is 2. The van der Waals surface area contributed by atoms with Gasteiger partial charge in [0.1, 0.15) is 36.4 Å². The van der Waals surface area contributed by atoms with Crippen molar-refractivity contribution in [3.8, 4) is 11.5 Å². The minimum atomic E-state index is -2.44. The van der Waals surface area contributed by atoms with Crippen molar-refractivity contribution in [2.24, 2.45) is 29.4 Å². The lowest BCUT2D eigenvalue weighted by molar-refractivity contribution is -0.249. The molecule has 4 amide bonds. The second-order valence-electron chi connectivity index (χ2n) is 24.5. The molecular formula is C65H81N5O24. The molecule has 0 saturated carbocycles. The van der Waals surface area contributed by atoms with Crippen LogP contribution in [0.5, 0.6) is 11.5 Å². The maximum absolute atomic E-state index is 14.0. The number of aliphatic hydroxyl groups is 3. The highest BCUT2D eigenvalue weighted by Crippen LogP contribution is 2.52. The molecule has 0 unspecified atom stereocenters. The molecule has 510 valence electrons. The summed E-state index contributed by atoms with van der Waals surface area (Å²) in [4.78, 5) is 170. The van der Waals surface area contributed by atoms with Crippen molar-refractivity contribution in [3.63, 3.8) is 0 Å². The minimum absolute atomic E-state index is 0.0129. The van der Waals surface area contributed by atoms with E-state index >= 15 is 0 Å². The average Bonchev–Trinajstić information content (AvgIpc) is 0.713. The van der Waals surface area contributed by atoms with E-state index in [0.29, 0.717) is 42.5 Å². The van der Waals surface area contributed by atoms with Crippen LogP contribution in [0.2, 0.25) is 0 Å². The van der Waals surface area contributed by atoms with Crippen LogP contribution in [0.25, 0.3) is 0 Å². The summed E-state index contributed by atoms with van der Waals surface area (Å²) >= 11 is 0. The average molecular weight is 1320 g/mol. The maximum Gasteiger partial charge on any atom is 0.407 e. The molecule has 0 radical (unpaired) electrons. The number of carboxylic acids is 3. The number of hydrogen-bond acceptors (Lipinski definition) is 22. The quantitative estimate of drug-likeness (QED) is 0.0234. The lowest BCUT2D eigenvalue weighted by Crippen LogP contribution is -2.56. The van der Waals surface area contributed by atoms with Crippen LogP contribution in [-0.4, -0.2) is 179 Å². The third kappa shape index (κ3) is 18.7. The van der Waals surface area contributed by atoms with Gasteiger partial charge in [-0.15, -0.1) is 0 Å². The molecule has 3 aromatic carbocycles. The number of unbranched alkanes of at least 4 members (excludes halogenated alkanes) is 1. The Morgan fingerprint density at radius 3 is 2.03 bits per heavy atom. The van der Waals surface area contributed by atoms with E-state index in [2.05, 4.69) is 21.3 Å². The summed E-state index contributed by atoms with van der Waals surface area (Å²) < 4.78 is 17.6. The topological polar surface area (TPSA) is 486 Å². The van der Waals surface area contributed by atoms with Gasteiger partial charge in [-0.25, -0.2) is 4.79 Å². The Hall–Kier alpha value is -8.87. The molecule has 0 spiro atoms. The predicted octanol–water partition coefficient (Wildman–Crippen LogP) is 1.85. The summed E-state index contributed by atoms with van der Waals surface area (Å²) in [5.41, 5.74) is 2.44. The van der Waals surface area contributed by atoms with E-state index in [4.69, 9.17) is 19.9 Å². The highest BCUT2D eigenvalue weighted by molar-refractivity contribution is 6.31. The van der Waals surface area contributed by atoms with Gasteiger partial charge in [0.05, 0.1) is 66.8 Å². The number of benzene rings is 3. The van der Waals surface area contributed by atoms with Crippen LogP contribution in [0.1, 0.15) is 164 Å². The van der Waals surface area contributed by atoms with Gasteiger partial charge in [0.25, 0.3) is 0 Å². The Kier molecular flexibility index (Phi) is 25.9. The monoisotopic (exact) mass is 1320 g/mol. The highest BCUT2D eigenvalue weighted by Gasteiger charge is 2.50. The number of alkyl carbamates (subject to hydrolysis) is 1. The van der Waals surface area contributed by atoms with E-state index in [1.54, 1.807) is 19.9 Å². The first kappa shape index (κ1) is 74.2. The van der Waals surface area contributed by atoms with Crippen LogP contribution >= 0.6 is 0 Å². The zero-order valence-electron chi connectivity index (χ0n) is 52.6. The van der Waals surface area contributed by atoms with E-state index in [1.165, 1.54) is 57.2 Å². The van der Waals surface area contributed by atoms with E-state index in [9.17, 15) is 103 Å². The Morgan fingerprint density at radius 2 is 1.40 bits per heavy atom. The van der Waals surface area contributed by atoms with E-state index in [1.807, 2.05) is 0 Å². The van der Waals surface area contributed by atoms with Gasteiger partial charge in [-0.2, -0.15) is 0 Å². The number of carbonyl (C=O) groups excluding carboxylic acids is 10. The number of carbonyl (C=O) groups is 13. The van der Waals surface area contributed by atoms with E-state index in [-0.39, 0.29) is 35.3 Å². The number of fused-ring (bicyclic) bond motifs is 3. The number of Topliss-reactive ketones (excluding diaryl/α,β-unsaturated/α-hetero) is 4. The zero-order chi connectivity index (χ0) is 69.6. The molecule has 3 aliphatic rings. The lowest BCUT2D eigenvalue weighted by atomic mass is 9.71. The number of aliphatic hydroxyl groups excluding tert-OH is 2. The lowest BCUT2D eigenvalue weighted by Gasteiger charge is -2.42. The van der Waals surface area contributed by atoms with Gasteiger partial charge in [0.2, 0.25) is 17.7 Å². The first-order chi connectivity index (χ1) is 44.3. The largest absolute Gasteiger partial charge is 0.507 e. The van der Waals surface area contributed by atoms with Gasteiger partial charge < -0.3 is 82.1 Å². The number of phenolic OH excluding ortho intramolecular Hbond substituents is 2. The van der Waals surface area contributed by atoms with Crippen LogP contribution in [0.3, 0.4) is 0 Å². The van der Waals surface area contributed by atoms with Gasteiger partial charge in [-0.3, -0.25) is 57.5 Å². The molecule has 0 aromatic heterocycles. The third-order valence-corrected chi connectivity index (χ3v) is 17.1. The molecule has 1 fully saturated rings. The second-order valence-corrected chi connectivity index (χ2v) is 24.5. The van der Waals surface area contributed by atoms with E-state index < -0.39 is 242 Å². The molecule has 2 aliphatic carbocycles. The fourth-order valence-corrected chi connectivity index (χ4v) is 11.8. The number of ether oxygens (including phenoxy) is 3. The van der Waals surface area contributed by atoms with Gasteiger partial charge in [0, 0.05) is 79.0 Å². The molecule has 3 aromatic rings. The smallest absolute Gasteiger partial charge is 0.407 e. The third-order valence-electron chi connectivity index (χ3n) is 17.1. The number of ketones is 6. The molecule has 1 aliphatic heterocycles. The summed E-state index contributed by atoms with van der Waals surface area (Å²) in [5, 5.41) is 94.9. The van der Waals surface area contributed by atoms with Crippen LogP contribution < -0.4 is 27.0 Å². The second kappa shape index (κ2) is 32.8. The van der Waals surface area contributed by atoms with Crippen LogP contribution in [0.4, 0.5) is 4.79 Å². The summed E-state index contributed by atoms with van der Waals surface area (Å²) in [6.45, 7) is 6.12. The van der Waals surface area contributed by atoms with Gasteiger partial charge in [0.15, 0.2) is 41.0 Å². The summed E-state index contributed by atoms with van der Waals surface area (Å²) in [7, 11) is 0. The number of nitrogens with two attached hydrogens (primary N) is 1. The van der Waals surface area contributed by atoms with Crippen molar-refractivity contribution in [3.05, 3.63) is 92.5 Å². The van der Waals surface area contributed by atoms with Crippen LogP contribution in [0, 0.1) is 30.6 Å². The first-order valence-corrected chi connectivity index (χ1v) is 30.8. The molecule has 14 N–H and O–H groups in total. The van der Waals surface area contributed by atoms with Crippen molar-refractivity contribution in [2.75, 3.05) is 19.7 Å². The Morgan fingerprint density at radius 1 is 0.755 bits per heavy atom. The summed E-state index contributed by atoms with van der Waals surface area (Å²) in [5.74, 6) is -17.4. The SMILES string of the molecule is Cc1cccc2c1C(=O)c1c(O)c3c(c(O)c1C2=O)C[C@@](O)(C(=O)CO)C[C@@H]3O[C@H]1C[C@H](NC(=O)OCc2ccc(CC(=O)[C@H](CC(=O)O)NC(=O)[C@@H](CC(=O)[C@H](CCC(=O)O)NC(=O)[C@H](CC(=O)O)CC(=O)CNC(=O)[C@@H](C)CCCCN)C(C)C)cc2)[C@H](O)[C@H](C)O1. The van der Waals surface area contributed by atoms with Crippen molar-refractivity contribution in [1.29, 1.82) is 0 Å². The number of carboxylic acid groups (broad SMARTS) is 3. The van der Waals surface area contributed by atoms with Crippen LogP contribution in [0.15, 0.2) is 42.5 Å². The van der Waals surface area contributed by atoms with Crippen molar-refractivity contribution >= 4 is 76.4 Å². The fourth-order valence-electron chi connectivity index (χ4n) is 11.8. The van der Waals surface area contributed by atoms with Crippen molar-refractivity contribution in [1.82, 2.24) is 21.3 Å². The molecule has 29 heteroatoms. The summed E-state index contributed by atoms with van der Waals surface area (Å²) in [6.07, 6.45) is -11.1. The molecule has 1 heterocycles. The van der Waals surface area contributed by atoms with Crippen LogP contribution in [-0.2, 0) is 81.6 Å². The standard InChI is InChI=1S/C65H81N5O24/c1-30(2)39(22-45(74)41(16-17-48(76)77)68-62(88)36(21-49(78)79)20-37(72)27-67-61(87)32(4)9-6-7-18-66)63(89)69-42(23-50(80)81)44(73)19-34-12-14-35(15-13-34)29-92-64(90)70-43-24-51(93-33(5)56(43)82)94-46-26-65(91,47(75)28-71)25-40-53(46)60(86)55-54(58(40)84)57(83)38-11-8-10-31(3)52(38)59(55)85/h8,10-15,30,32-33,36,39,41-43,46,51,56,71,82,84,86,91H,6-7,9,16-29,66H2,1-5H3,(H,67,87)(H,68,88)(H,69,89)(H,70,90)(H,76,77)(H,78,79)(H,80,81)/t32-,33-,36-,39-,41-,42-,43-,46-,51-,56+,65-/m0/s1. The minimum Gasteiger partial charge on any atom is -0.507 e. The first-order valence-electron chi connectivity index (χ1n) is 30.8. The summed E-state index contributed by atoms with van der Waals surface area (Å²) in [6, 6.07) is 5.94. The molecule has 1 saturated heterocycles. The fraction of sp³-hybridized carbons (Fsp3) is 0.523. The number of aryl methyl sites for hydroxylation is 1. The number of rotatable bonds is 34. The number of aliphatic carboxylic acids is 3. The number of phenols is 2. The highest BCUT2D eigenvalue weighted by atomic mass is 16.7. The predicted molar refractivity (Wildman–Crippen MR) is 326 cm³/mol. The zero-order valence-corrected chi connectivity index (χ0v) is 52.6. The number of nitrogens with one attached hydrogen (secondary N) is 4. The molecule has 6 rings (SSSR count). The van der Waals surface area contributed by atoms with E-state index in [0.717, 1.165) is 0 Å². The molecule has 11 atom stereocenters. The maximum atomic E-state index is 14.0. The number of hydrogen-bond donors (Lipinski definition) is 13.